The molecule has 0 amide bonds. The molecule has 0 saturated heterocycles. The summed E-state index contributed by atoms with van der Waals surface area (Å²) in [6.07, 6.45) is 11.3. The van der Waals surface area contributed by atoms with E-state index in [4.69, 9.17) is 20.2 Å². The molecule has 7 rings (SSSR count). The maximum atomic E-state index is 6.02. The second-order valence-electron chi connectivity index (χ2n) is 9.70. The van der Waals surface area contributed by atoms with Crippen LogP contribution in [0.15, 0.2) is 55.1 Å². The van der Waals surface area contributed by atoms with Gasteiger partial charge in [0.2, 0.25) is 11.9 Å². The minimum atomic E-state index is -0.647. The molecule has 0 fully saturated rings. The smallest absolute Gasteiger partial charge is 0.253 e. The van der Waals surface area contributed by atoms with Crippen LogP contribution in [-0.4, -0.2) is 35.7 Å². The minimum absolute atomic E-state index is 0.144. The first kappa shape index (κ1) is 21.8. The Morgan fingerprint density at radius 1 is 0.946 bits per heavy atom. The minimum Gasteiger partial charge on any atom is -0.456 e. The van der Waals surface area contributed by atoms with Gasteiger partial charge in [0.15, 0.2) is 5.82 Å². The Morgan fingerprint density at radius 2 is 1.81 bits per heavy atom. The van der Waals surface area contributed by atoms with Gasteiger partial charge in [-0.15, -0.1) is 15.3 Å². The van der Waals surface area contributed by atoms with Gasteiger partial charge in [-0.05, 0) is 60.9 Å². The molecule has 4 aromatic rings. The summed E-state index contributed by atoms with van der Waals surface area (Å²) >= 11 is 0. The Balaban J connectivity index is 1.21. The van der Waals surface area contributed by atoms with Crippen molar-refractivity contribution in [1.82, 2.24) is 29.9 Å². The number of fused-ring (bicyclic) bond motifs is 4. The summed E-state index contributed by atoms with van der Waals surface area (Å²) in [7, 11) is 0. The van der Waals surface area contributed by atoms with Crippen LogP contribution in [0.4, 0.5) is 17.6 Å². The van der Waals surface area contributed by atoms with E-state index in [0.717, 1.165) is 72.3 Å². The fraction of sp³-hybridized carbons (Fsp3) is 0.296. The average molecular weight is 495 g/mol. The van der Waals surface area contributed by atoms with Crippen LogP contribution in [0, 0.1) is 0 Å². The van der Waals surface area contributed by atoms with Crippen LogP contribution in [0.3, 0.4) is 0 Å². The second kappa shape index (κ2) is 8.58. The molecule has 186 valence electrons. The monoisotopic (exact) mass is 494 g/mol. The number of hydrogen-bond acceptors (Lipinski definition) is 9. The molecular formula is C27H26N8O2. The highest BCUT2D eigenvalue weighted by Crippen LogP contribution is 2.36. The molecule has 37 heavy (non-hydrogen) atoms. The molecule has 2 aliphatic carbocycles. The summed E-state index contributed by atoms with van der Waals surface area (Å²) in [5.41, 5.74) is 13.4. The SMILES string of the molecule is Nc1nc(Nc2cnc3c(c2)CC2(CCC3)OC=CO2)n(-c2cc3c(nn2)-c2ccccc2CCC3)n1. The van der Waals surface area contributed by atoms with Gasteiger partial charge >= 0.3 is 0 Å². The summed E-state index contributed by atoms with van der Waals surface area (Å²) in [5.74, 6) is 0.503. The molecule has 4 heterocycles. The second-order valence-corrected chi connectivity index (χ2v) is 9.70. The predicted octanol–water partition coefficient (Wildman–Crippen LogP) is 4.03. The van der Waals surface area contributed by atoms with Crippen molar-refractivity contribution in [3.05, 3.63) is 77.5 Å². The number of anilines is 3. The number of ether oxygens (including phenoxy) is 2. The highest BCUT2D eigenvalue weighted by molar-refractivity contribution is 5.68. The van der Waals surface area contributed by atoms with Crippen LogP contribution in [0.2, 0.25) is 0 Å². The molecule has 10 nitrogen and oxygen atoms in total. The van der Waals surface area contributed by atoms with E-state index < -0.39 is 5.79 Å². The van der Waals surface area contributed by atoms with Gasteiger partial charge in [-0.25, -0.2) is 0 Å². The van der Waals surface area contributed by atoms with Crippen molar-refractivity contribution in [1.29, 1.82) is 0 Å². The van der Waals surface area contributed by atoms with E-state index in [1.165, 1.54) is 5.56 Å². The van der Waals surface area contributed by atoms with Crippen molar-refractivity contribution in [3.63, 3.8) is 0 Å². The van der Waals surface area contributed by atoms with Crippen molar-refractivity contribution < 1.29 is 9.47 Å². The summed E-state index contributed by atoms with van der Waals surface area (Å²) in [5, 5.41) is 16.9. The van der Waals surface area contributed by atoms with Crippen molar-refractivity contribution in [2.45, 2.75) is 50.7 Å². The van der Waals surface area contributed by atoms with E-state index >= 15 is 0 Å². The Labute approximate surface area is 213 Å². The molecule has 0 atom stereocenters. The number of rotatable bonds is 3. The van der Waals surface area contributed by atoms with Crippen LogP contribution < -0.4 is 11.1 Å². The third kappa shape index (κ3) is 3.94. The van der Waals surface area contributed by atoms with Gasteiger partial charge in [-0.3, -0.25) is 4.98 Å². The van der Waals surface area contributed by atoms with Gasteiger partial charge < -0.3 is 20.5 Å². The molecule has 0 bridgehead atoms. The lowest BCUT2D eigenvalue weighted by Crippen LogP contribution is -2.32. The zero-order valence-corrected chi connectivity index (χ0v) is 20.2. The van der Waals surface area contributed by atoms with Crippen LogP contribution in [0.25, 0.3) is 17.1 Å². The molecular weight excluding hydrogens is 468 g/mol. The van der Waals surface area contributed by atoms with Crippen molar-refractivity contribution in [2.75, 3.05) is 11.1 Å². The lowest BCUT2D eigenvalue weighted by atomic mass is 10.0. The van der Waals surface area contributed by atoms with Crippen LogP contribution >= 0.6 is 0 Å². The molecule has 1 spiro atoms. The number of nitrogens with two attached hydrogens (primary N) is 1. The highest BCUT2D eigenvalue weighted by atomic mass is 16.7. The van der Waals surface area contributed by atoms with E-state index in [0.29, 0.717) is 18.2 Å². The number of nitrogens with one attached hydrogen (secondary N) is 1. The maximum Gasteiger partial charge on any atom is 0.253 e. The number of aryl methyl sites for hydroxylation is 3. The first-order valence-corrected chi connectivity index (χ1v) is 12.6. The summed E-state index contributed by atoms with van der Waals surface area (Å²) in [4.78, 5) is 9.13. The highest BCUT2D eigenvalue weighted by Gasteiger charge is 2.38. The standard InChI is InChI=1S/C27H26N8O2/c28-25-31-26(30-20-13-19-15-27(36-11-12-37-27)10-4-9-22(19)29-16-20)35(34-25)23-14-18-7-3-6-17-5-1-2-8-21(17)24(18)33-32-23/h1-2,5,8,11-14,16H,3-4,6-7,9-10,15H2,(H3,28,30,31,34). The molecule has 10 heteroatoms. The predicted molar refractivity (Wildman–Crippen MR) is 137 cm³/mol. The topological polar surface area (TPSA) is 126 Å². The molecule has 0 saturated carbocycles. The molecule has 3 aromatic heterocycles. The van der Waals surface area contributed by atoms with Gasteiger partial charge in [0, 0.05) is 17.7 Å². The summed E-state index contributed by atoms with van der Waals surface area (Å²) in [6, 6.07) is 12.5. The van der Waals surface area contributed by atoms with E-state index in [1.54, 1.807) is 23.4 Å². The lowest BCUT2D eigenvalue weighted by Gasteiger charge is -2.26. The Kier molecular flexibility index (Phi) is 5.05. The maximum absolute atomic E-state index is 6.02. The fourth-order valence-electron chi connectivity index (χ4n) is 5.50. The Hall–Kier alpha value is -4.47. The molecule has 0 radical (unpaired) electrons. The van der Waals surface area contributed by atoms with Gasteiger partial charge in [0.05, 0.1) is 24.0 Å². The molecule has 1 aromatic carbocycles. The Bertz CT molecular complexity index is 1520. The van der Waals surface area contributed by atoms with Gasteiger partial charge in [-0.2, -0.15) is 9.67 Å². The first-order chi connectivity index (χ1) is 18.2. The zero-order chi connectivity index (χ0) is 24.8. The number of nitrogen functional groups attached to an aromatic ring is 1. The molecule has 3 aliphatic rings. The van der Waals surface area contributed by atoms with E-state index in [9.17, 15) is 0 Å². The van der Waals surface area contributed by atoms with Crippen molar-refractivity contribution in [3.8, 4) is 17.1 Å². The largest absolute Gasteiger partial charge is 0.456 e. The summed E-state index contributed by atoms with van der Waals surface area (Å²) < 4.78 is 13.2. The molecule has 0 unspecified atom stereocenters. The number of aromatic nitrogens is 6. The third-order valence-corrected chi connectivity index (χ3v) is 7.23. The summed E-state index contributed by atoms with van der Waals surface area (Å²) in [6.45, 7) is 0. The molecule has 3 N–H and O–H groups in total. The van der Waals surface area contributed by atoms with Crippen LogP contribution in [0.5, 0.6) is 0 Å². The van der Waals surface area contributed by atoms with Crippen LogP contribution in [0.1, 0.15) is 41.6 Å². The quantitative estimate of drug-likeness (QED) is 0.434. The number of nitrogens with zero attached hydrogens (tertiary/aromatic N) is 6. The Morgan fingerprint density at radius 3 is 2.73 bits per heavy atom. The van der Waals surface area contributed by atoms with E-state index in [1.807, 2.05) is 12.1 Å². The van der Waals surface area contributed by atoms with Gasteiger partial charge in [-0.1, -0.05) is 24.3 Å². The molecule has 1 aliphatic heterocycles. The van der Waals surface area contributed by atoms with Crippen LogP contribution in [-0.2, 0) is 35.2 Å². The zero-order valence-electron chi connectivity index (χ0n) is 20.2. The lowest BCUT2D eigenvalue weighted by molar-refractivity contribution is -0.144. The number of pyridine rings is 1. The van der Waals surface area contributed by atoms with Crippen molar-refractivity contribution in [2.24, 2.45) is 0 Å². The fourth-order valence-corrected chi connectivity index (χ4v) is 5.50. The van der Waals surface area contributed by atoms with Crippen molar-refractivity contribution >= 4 is 17.6 Å². The van der Waals surface area contributed by atoms with Gasteiger partial charge in [0.25, 0.3) is 5.79 Å². The van der Waals surface area contributed by atoms with E-state index in [2.05, 4.69) is 49.9 Å². The first-order valence-electron chi connectivity index (χ1n) is 12.6. The third-order valence-electron chi connectivity index (χ3n) is 7.23. The van der Waals surface area contributed by atoms with E-state index in [-0.39, 0.29) is 5.95 Å². The number of benzene rings is 1. The average Bonchev–Trinajstić information content (AvgIpc) is 3.40. The van der Waals surface area contributed by atoms with Gasteiger partial charge in [0.1, 0.15) is 12.5 Å². The normalized spacial score (nSPS) is 17.1. The number of hydrogen-bond donors (Lipinski definition) is 2.